The molecule has 0 unspecified atom stereocenters. The lowest BCUT2D eigenvalue weighted by molar-refractivity contribution is 0.142. The number of ether oxygens (including phenoxy) is 1. The summed E-state index contributed by atoms with van der Waals surface area (Å²) in [4.78, 5) is 13.3. The van der Waals surface area contributed by atoms with Crippen LogP contribution in [-0.2, 0) is 17.9 Å². The van der Waals surface area contributed by atoms with Crippen LogP contribution in [0.25, 0.3) is 0 Å². The van der Waals surface area contributed by atoms with Crippen molar-refractivity contribution < 1.29 is 9.53 Å². The topological polar surface area (TPSA) is 55.6 Å². The molecule has 0 aromatic heterocycles. The van der Waals surface area contributed by atoms with Crippen LogP contribution in [0.15, 0.2) is 18.2 Å². The molecule has 0 saturated heterocycles. The van der Waals surface area contributed by atoms with E-state index in [0.717, 1.165) is 23.2 Å². The lowest BCUT2D eigenvalue weighted by atomic mass is 10.1. The lowest BCUT2D eigenvalue weighted by Gasteiger charge is -2.28. The molecule has 0 spiro atoms. The molecule has 0 atom stereocenters. The van der Waals surface area contributed by atoms with Crippen LogP contribution >= 0.6 is 0 Å². The number of fused-ring (bicyclic) bond motifs is 1. The number of benzene rings is 1. The van der Waals surface area contributed by atoms with Gasteiger partial charge in [0.05, 0.1) is 5.69 Å². The van der Waals surface area contributed by atoms with Gasteiger partial charge in [-0.15, -0.1) is 0 Å². The highest BCUT2D eigenvalue weighted by molar-refractivity contribution is 5.90. The Morgan fingerprint density at radius 2 is 2.31 bits per heavy atom. The van der Waals surface area contributed by atoms with Crippen molar-refractivity contribution in [3.63, 3.8) is 0 Å². The Hall–Kier alpha value is -1.55. The van der Waals surface area contributed by atoms with Crippen molar-refractivity contribution in [1.29, 1.82) is 0 Å². The third kappa shape index (κ3) is 1.88. The number of carbonyl (C=O) groups excluding carboxylic acids is 1. The van der Waals surface area contributed by atoms with E-state index in [0.29, 0.717) is 19.7 Å². The number of carbonyl (C=O) groups is 1. The first-order valence-corrected chi connectivity index (χ1v) is 5.52. The van der Waals surface area contributed by atoms with Gasteiger partial charge in [0.15, 0.2) is 0 Å². The van der Waals surface area contributed by atoms with Gasteiger partial charge in [-0.25, -0.2) is 4.79 Å². The van der Waals surface area contributed by atoms with E-state index in [4.69, 9.17) is 10.5 Å². The molecule has 1 amide bonds. The molecule has 0 aliphatic carbocycles. The van der Waals surface area contributed by atoms with Crippen molar-refractivity contribution in [2.75, 3.05) is 11.4 Å². The number of nitrogens with two attached hydrogens (primary N) is 1. The fraction of sp³-hybridized carbons (Fsp3) is 0.417. The van der Waals surface area contributed by atoms with Crippen molar-refractivity contribution in [1.82, 2.24) is 0 Å². The molecule has 4 heteroatoms. The molecule has 86 valence electrons. The Morgan fingerprint density at radius 1 is 1.50 bits per heavy atom. The fourth-order valence-electron chi connectivity index (χ4n) is 1.90. The predicted molar refractivity (Wildman–Crippen MR) is 62.2 cm³/mol. The monoisotopic (exact) mass is 220 g/mol. The fourth-order valence-corrected chi connectivity index (χ4v) is 1.90. The van der Waals surface area contributed by atoms with Gasteiger partial charge < -0.3 is 10.5 Å². The van der Waals surface area contributed by atoms with E-state index in [9.17, 15) is 4.79 Å². The van der Waals surface area contributed by atoms with E-state index in [-0.39, 0.29) is 6.09 Å². The summed E-state index contributed by atoms with van der Waals surface area (Å²) < 4.78 is 5.12. The van der Waals surface area contributed by atoms with E-state index in [1.54, 1.807) is 4.90 Å². The van der Waals surface area contributed by atoms with Gasteiger partial charge in [0.1, 0.15) is 6.61 Å². The second-order valence-electron chi connectivity index (χ2n) is 3.87. The molecule has 2 rings (SSSR count). The van der Waals surface area contributed by atoms with Gasteiger partial charge in [-0.2, -0.15) is 0 Å². The molecule has 1 heterocycles. The third-order valence-corrected chi connectivity index (χ3v) is 2.69. The highest BCUT2D eigenvalue weighted by atomic mass is 16.6. The van der Waals surface area contributed by atoms with Crippen LogP contribution in [0.3, 0.4) is 0 Å². The molecule has 16 heavy (non-hydrogen) atoms. The quantitative estimate of drug-likeness (QED) is 0.847. The minimum absolute atomic E-state index is 0.255. The summed E-state index contributed by atoms with van der Waals surface area (Å²) in [6, 6.07) is 5.91. The van der Waals surface area contributed by atoms with Crippen molar-refractivity contribution in [3.8, 4) is 0 Å². The molecule has 1 aromatic rings. The molecule has 0 saturated carbocycles. The summed E-state index contributed by atoms with van der Waals surface area (Å²) in [6.45, 7) is 3.58. The van der Waals surface area contributed by atoms with Gasteiger partial charge in [0.25, 0.3) is 0 Å². The Morgan fingerprint density at radius 3 is 3.00 bits per heavy atom. The Balaban J connectivity index is 2.36. The molecular weight excluding hydrogens is 204 g/mol. The minimum Gasteiger partial charge on any atom is -0.444 e. The average Bonchev–Trinajstić information content (AvgIpc) is 2.32. The lowest BCUT2D eigenvalue weighted by Crippen LogP contribution is -2.36. The summed E-state index contributed by atoms with van der Waals surface area (Å²) in [5.74, 6) is 0. The molecule has 4 nitrogen and oxygen atoms in total. The molecular formula is C12H16N2O2. The minimum atomic E-state index is -0.255. The van der Waals surface area contributed by atoms with Crippen molar-refractivity contribution in [2.24, 2.45) is 5.73 Å². The molecule has 1 aliphatic heterocycles. The van der Waals surface area contributed by atoms with Crippen LogP contribution in [0.1, 0.15) is 24.5 Å². The maximum Gasteiger partial charge on any atom is 0.414 e. The van der Waals surface area contributed by atoms with Crippen LogP contribution in [0, 0.1) is 0 Å². The van der Waals surface area contributed by atoms with E-state index in [1.165, 1.54) is 0 Å². The maximum absolute atomic E-state index is 11.6. The summed E-state index contributed by atoms with van der Waals surface area (Å²) in [5.41, 5.74) is 8.64. The zero-order valence-electron chi connectivity index (χ0n) is 9.40. The van der Waals surface area contributed by atoms with Crippen molar-refractivity contribution in [3.05, 3.63) is 29.3 Å². The number of amides is 1. The van der Waals surface area contributed by atoms with Gasteiger partial charge in [-0.05, 0) is 24.1 Å². The standard InChI is InChI=1S/C12H16N2O2/c1-2-5-14-11-4-3-9(7-13)6-10(11)8-16-12(14)15/h3-4,6H,2,5,7-8,13H2,1H3. The molecule has 1 aromatic carbocycles. The number of cyclic esters (lactones) is 1. The molecule has 0 radical (unpaired) electrons. The number of hydrogen-bond donors (Lipinski definition) is 1. The Kier molecular flexibility index (Phi) is 3.10. The van der Waals surface area contributed by atoms with Gasteiger partial charge in [0.2, 0.25) is 0 Å². The Bertz CT molecular complexity index is 404. The zero-order valence-corrected chi connectivity index (χ0v) is 9.40. The van der Waals surface area contributed by atoms with Gasteiger partial charge in [0, 0.05) is 18.7 Å². The molecule has 2 N–H and O–H groups in total. The molecule has 1 aliphatic rings. The van der Waals surface area contributed by atoms with E-state index < -0.39 is 0 Å². The first kappa shape index (κ1) is 11.0. The highest BCUT2D eigenvalue weighted by Crippen LogP contribution is 2.28. The summed E-state index contributed by atoms with van der Waals surface area (Å²) in [5, 5.41) is 0. The summed E-state index contributed by atoms with van der Waals surface area (Å²) in [7, 11) is 0. The van der Waals surface area contributed by atoms with E-state index in [1.807, 2.05) is 25.1 Å². The number of nitrogens with zero attached hydrogens (tertiary/aromatic N) is 1. The van der Waals surface area contributed by atoms with Crippen molar-refractivity contribution in [2.45, 2.75) is 26.5 Å². The third-order valence-electron chi connectivity index (χ3n) is 2.69. The average molecular weight is 220 g/mol. The second kappa shape index (κ2) is 4.53. The number of anilines is 1. The van der Waals surface area contributed by atoms with Gasteiger partial charge >= 0.3 is 6.09 Å². The van der Waals surface area contributed by atoms with Crippen LogP contribution in [0.4, 0.5) is 10.5 Å². The smallest absolute Gasteiger partial charge is 0.414 e. The van der Waals surface area contributed by atoms with Crippen LogP contribution < -0.4 is 10.6 Å². The number of hydrogen-bond acceptors (Lipinski definition) is 3. The first-order valence-electron chi connectivity index (χ1n) is 5.52. The SMILES string of the molecule is CCCN1C(=O)OCc2cc(CN)ccc21. The molecule has 0 bridgehead atoms. The van der Waals surface area contributed by atoms with Gasteiger partial charge in [-0.1, -0.05) is 13.0 Å². The molecule has 0 fully saturated rings. The summed E-state index contributed by atoms with van der Waals surface area (Å²) >= 11 is 0. The van der Waals surface area contributed by atoms with Crippen LogP contribution in [0.2, 0.25) is 0 Å². The predicted octanol–water partition coefficient (Wildman–Crippen LogP) is 2.01. The van der Waals surface area contributed by atoms with E-state index in [2.05, 4.69) is 0 Å². The number of rotatable bonds is 3. The Labute approximate surface area is 95.0 Å². The first-order chi connectivity index (χ1) is 7.76. The van der Waals surface area contributed by atoms with E-state index >= 15 is 0 Å². The summed E-state index contributed by atoms with van der Waals surface area (Å²) in [6.07, 6.45) is 0.655. The van der Waals surface area contributed by atoms with Gasteiger partial charge in [-0.3, -0.25) is 4.90 Å². The zero-order chi connectivity index (χ0) is 11.5. The highest BCUT2D eigenvalue weighted by Gasteiger charge is 2.24. The maximum atomic E-state index is 11.6. The van der Waals surface area contributed by atoms with Crippen LogP contribution in [-0.4, -0.2) is 12.6 Å². The normalized spacial score (nSPS) is 14.6. The second-order valence-corrected chi connectivity index (χ2v) is 3.87. The van der Waals surface area contributed by atoms with Crippen molar-refractivity contribution >= 4 is 11.8 Å². The largest absolute Gasteiger partial charge is 0.444 e. The van der Waals surface area contributed by atoms with Crippen LogP contribution in [0.5, 0.6) is 0 Å².